The summed E-state index contributed by atoms with van der Waals surface area (Å²) < 4.78 is 6.23. The maximum atomic E-state index is 6.23. The zero-order chi connectivity index (χ0) is 14.4. The van der Waals surface area contributed by atoms with E-state index in [1.165, 1.54) is 32.1 Å². The highest BCUT2D eigenvalue weighted by Crippen LogP contribution is 2.31. The van der Waals surface area contributed by atoms with Gasteiger partial charge < -0.3 is 10.1 Å². The zero-order valence-corrected chi connectivity index (χ0v) is 13.4. The Labute approximate surface area is 127 Å². The lowest BCUT2D eigenvalue weighted by Gasteiger charge is -2.29. The van der Waals surface area contributed by atoms with Crippen LogP contribution in [0.2, 0.25) is 5.02 Å². The van der Waals surface area contributed by atoms with Crippen molar-refractivity contribution in [3.05, 3.63) is 28.8 Å². The van der Waals surface area contributed by atoms with E-state index in [1.807, 2.05) is 18.2 Å². The molecular formula is C17H26ClNO. The van der Waals surface area contributed by atoms with Gasteiger partial charge in [-0.2, -0.15) is 0 Å². The first-order valence-corrected chi connectivity index (χ1v) is 8.26. The number of hydrogen-bond donors (Lipinski definition) is 1. The SMILES string of the molecule is CCNCc1cc(Cl)ccc1OC1CCC(CC)CC1. The topological polar surface area (TPSA) is 21.3 Å². The van der Waals surface area contributed by atoms with Crippen LogP contribution >= 0.6 is 11.6 Å². The highest BCUT2D eigenvalue weighted by molar-refractivity contribution is 6.30. The van der Waals surface area contributed by atoms with E-state index in [9.17, 15) is 0 Å². The molecule has 2 nitrogen and oxygen atoms in total. The van der Waals surface area contributed by atoms with Crippen LogP contribution in [0, 0.1) is 5.92 Å². The van der Waals surface area contributed by atoms with Crippen LogP contribution in [-0.2, 0) is 6.54 Å². The van der Waals surface area contributed by atoms with Crippen molar-refractivity contribution in [3.63, 3.8) is 0 Å². The number of rotatable bonds is 6. The molecule has 0 heterocycles. The minimum Gasteiger partial charge on any atom is -0.490 e. The monoisotopic (exact) mass is 295 g/mol. The molecule has 1 aliphatic rings. The van der Waals surface area contributed by atoms with Crippen LogP contribution in [0.25, 0.3) is 0 Å². The van der Waals surface area contributed by atoms with Crippen LogP contribution in [0.4, 0.5) is 0 Å². The molecular weight excluding hydrogens is 270 g/mol. The predicted molar refractivity (Wildman–Crippen MR) is 85.5 cm³/mol. The zero-order valence-electron chi connectivity index (χ0n) is 12.6. The van der Waals surface area contributed by atoms with Gasteiger partial charge in [0.1, 0.15) is 5.75 Å². The van der Waals surface area contributed by atoms with Crippen LogP contribution in [0.1, 0.15) is 51.5 Å². The molecule has 0 radical (unpaired) electrons. The summed E-state index contributed by atoms with van der Waals surface area (Å²) in [6, 6.07) is 5.95. The van der Waals surface area contributed by atoms with E-state index in [-0.39, 0.29) is 0 Å². The van der Waals surface area contributed by atoms with Crippen molar-refractivity contribution in [2.75, 3.05) is 6.54 Å². The summed E-state index contributed by atoms with van der Waals surface area (Å²) in [6.07, 6.45) is 6.65. The van der Waals surface area contributed by atoms with Crippen LogP contribution in [0.5, 0.6) is 5.75 Å². The molecule has 0 atom stereocenters. The first kappa shape index (κ1) is 15.7. The quantitative estimate of drug-likeness (QED) is 0.814. The number of benzene rings is 1. The van der Waals surface area contributed by atoms with Crippen LogP contribution < -0.4 is 10.1 Å². The molecule has 1 aliphatic carbocycles. The Balaban J connectivity index is 1.98. The maximum absolute atomic E-state index is 6.23. The first-order valence-electron chi connectivity index (χ1n) is 7.88. The third kappa shape index (κ3) is 4.39. The summed E-state index contributed by atoms with van der Waals surface area (Å²) >= 11 is 6.09. The summed E-state index contributed by atoms with van der Waals surface area (Å²) in [5.41, 5.74) is 1.16. The summed E-state index contributed by atoms with van der Waals surface area (Å²) in [7, 11) is 0. The van der Waals surface area contributed by atoms with Gasteiger partial charge in [-0.25, -0.2) is 0 Å². The fraction of sp³-hybridized carbons (Fsp3) is 0.647. The van der Waals surface area contributed by atoms with Crippen molar-refractivity contribution in [1.82, 2.24) is 5.32 Å². The third-order valence-electron chi connectivity index (χ3n) is 4.25. The van der Waals surface area contributed by atoms with Crippen molar-refractivity contribution in [2.24, 2.45) is 5.92 Å². The molecule has 2 rings (SSSR count). The van der Waals surface area contributed by atoms with Crippen LogP contribution in [0.15, 0.2) is 18.2 Å². The average molecular weight is 296 g/mol. The van der Waals surface area contributed by atoms with E-state index in [2.05, 4.69) is 19.2 Å². The Morgan fingerprint density at radius 2 is 1.95 bits per heavy atom. The van der Waals surface area contributed by atoms with Crippen molar-refractivity contribution in [2.45, 2.75) is 58.6 Å². The molecule has 1 aromatic rings. The van der Waals surface area contributed by atoms with Crippen molar-refractivity contribution < 1.29 is 4.74 Å². The maximum Gasteiger partial charge on any atom is 0.124 e. The Bertz CT molecular complexity index is 413. The second-order valence-corrected chi connectivity index (χ2v) is 6.14. The normalized spacial score (nSPS) is 22.8. The van der Waals surface area contributed by atoms with Gasteiger partial charge in [-0.1, -0.05) is 31.9 Å². The summed E-state index contributed by atoms with van der Waals surface area (Å²) in [6.45, 7) is 6.17. The molecule has 0 aromatic heterocycles. The molecule has 112 valence electrons. The van der Waals surface area contributed by atoms with Crippen LogP contribution in [-0.4, -0.2) is 12.6 Å². The Morgan fingerprint density at radius 1 is 1.20 bits per heavy atom. The predicted octanol–water partition coefficient (Wildman–Crippen LogP) is 4.80. The summed E-state index contributed by atoms with van der Waals surface area (Å²) in [5, 5.41) is 4.12. The Hall–Kier alpha value is -0.730. The van der Waals surface area contributed by atoms with E-state index in [0.717, 1.165) is 35.3 Å². The molecule has 0 saturated heterocycles. The van der Waals surface area contributed by atoms with Crippen molar-refractivity contribution >= 4 is 11.6 Å². The van der Waals surface area contributed by atoms with E-state index in [0.29, 0.717) is 6.10 Å². The second-order valence-electron chi connectivity index (χ2n) is 5.70. The minimum atomic E-state index is 0.374. The minimum absolute atomic E-state index is 0.374. The highest BCUT2D eigenvalue weighted by Gasteiger charge is 2.21. The number of halogens is 1. The first-order chi connectivity index (χ1) is 9.72. The molecule has 0 amide bonds. The highest BCUT2D eigenvalue weighted by atomic mass is 35.5. The average Bonchev–Trinajstić information content (AvgIpc) is 2.48. The van der Waals surface area contributed by atoms with Gasteiger partial charge in [0.15, 0.2) is 0 Å². The molecule has 1 aromatic carbocycles. The number of hydrogen-bond acceptors (Lipinski definition) is 2. The fourth-order valence-electron chi connectivity index (χ4n) is 2.90. The fourth-order valence-corrected chi connectivity index (χ4v) is 3.09. The van der Waals surface area contributed by atoms with Gasteiger partial charge in [0.05, 0.1) is 6.10 Å². The molecule has 3 heteroatoms. The lowest BCUT2D eigenvalue weighted by atomic mass is 9.86. The lowest BCUT2D eigenvalue weighted by molar-refractivity contribution is 0.128. The molecule has 0 unspecified atom stereocenters. The van der Waals surface area contributed by atoms with Crippen molar-refractivity contribution in [3.8, 4) is 5.75 Å². The number of nitrogens with one attached hydrogen (secondary N) is 1. The molecule has 0 spiro atoms. The van der Waals surface area contributed by atoms with Gasteiger partial charge in [0, 0.05) is 17.1 Å². The smallest absolute Gasteiger partial charge is 0.124 e. The second kappa shape index (κ2) is 7.90. The van der Waals surface area contributed by atoms with Gasteiger partial charge in [-0.15, -0.1) is 0 Å². The standard InChI is InChI=1S/C17H26ClNO/c1-3-13-5-8-16(9-6-13)20-17-10-7-15(18)11-14(17)12-19-4-2/h7,10-11,13,16,19H,3-6,8-9,12H2,1-2H3. The van der Waals surface area contributed by atoms with Gasteiger partial charge in [-0.3, -0.25) is 0 Å². The molecule has 1 fully saturated rings. The molecule has 20 heavy (non-hydrogen) atoms. The van der Waals surface area contributed by atoms with E-state index >= 15 is 0 Å². The number of ether oxygens (including phenoxy) is 1. The molecule has 0 aliphatic heterocycles. The lowest BCUT2D eigenvalue weighted by Crippen LogP contribution is -2.24. The van der Waals surface area contributed by atoms with Gasteiger partial charge in [0.25, 0.3) is 0 Å². The summed E-state index contributed by atoms with van der Waals surface area (Å²) in [4.78, 5) is 0. The van der Waals surface area contributed by atoms with Crippen molar-refractivity contribution in [1.29, 1.82) is 0 Å². The molecule has 0 bridgehead atoms. The van der Waals surface area contributed by atoms with Gasteiger partial charge in [0.2, 0.25) is 0 Å². The van der Waals surface area contributed by atoms with Gasteiger partial charge >= 0.3 is 0 Å². The molecule has 1 saturated carbocycles. The summed E-state index contributed by atoms with van der Waals surface area (Å²) in [5.74, 6) is 1.90. The Kier molecular flexibility index (Phi) is 6.18. The largest absolute Gasteiger partial charge is 0.490 e. The van der Waals surface area contributed by atoms with E-state index in [1.54, 1.807) is 0 Å². The molecule has 1 N–H and O–H groups in total. The third-order valence-corrected chi connectivity index (χ3v) is 4.49. The van der Waals surface area contributed by atoms with Gasteiger partial charge in [-0.05, 0) is 56.3 Å². The Morgan fingerprint density at radius 3 is 2.60 bits per heavy atom. The van der Waals surface area contributed by atoms with E-state index < -0.39 is 0 Å². The van der Waals surface area contributed by atoms with Crippen LogP contribution in [0.3, 0.4) is 0 Å². The van der Waals surface area contributed by atoms with E-state index in [4.69, 9.17) is 16.3 Å².